The van der Waals surface area contributed by atoms with Crippen molar-refractivity contribution in [1.29, 1.82) is 0 Å². The summed E-state index contributed by atoms with van der Waals surface area (Å²) in [4.78, 5) is 10.8. The fourth-order valence-electron chi connectivity index (χ4n) is 1.77. The zero-order valence-corrected chi connectivity index (χ0v) is 8.48. The summed E-state index contributed by atoms with van der Waals surface area (Å²) < 4.78 is 21.3. The van der Waals surface area contributed by atoms with Crippen LogP contribution in [-0.2, 0) is 23.7 Å². The monoisotopic (exact) mass is 202 g/mol. The van der Waals surface area contributed by atoms with E-state index in [1.165, 1.54) is 6.92 Å². The summed E-state index contributed by atoms with van der Waals surface area (Å²) >= 11 is 0. The van der Waals surface area contributed by atoms with Crippen molar-refractivity contribution < 1.29 is 23.7 Å². The van der Waals surface area contributed by atoms with Crippen molar-refractivity contribution in [3.8, 4) is 0 Å². The molecule has 0 aromatic rings. The molecule has 2 fully saturated rings. The number of rotatable bonds is 1. The normalized spacial score (nSPS) is 39.5. The van der Waals surface area contributed by atoms with Crippen molar-refractivity contribution >= 4 is 5.97 Å². The van der Waals surface area contributed by atoms with Crippen LogP contribution in [-0.4, -0.2) is 36.9 Å². The molecule has 5 heteroatoms. The fraction of sp³-hybridized carbons (Fsp3) is 0.889. The van der Waals surface area contributed by atoms with Gasteiger partial charge in [0.2, 0.25) is 6.29 Å². The highest BCUT2D eigenvalue weighted by molar-refractivity contribution is 5.66. The Morgan fingerprint density at radius 3 is 2.79 bits per heavy atom. The van der Waals surface area contributed by atoms with Gasteiger partial charge in [0.25, 0.3) is 0 Å². The predicted octanol–water partition coefficient (Wildman–Crippen LogP) is 0.426. The van der Waals surface area contributed by atoms with Gasteiger partial charge in [-0.05, 0) is 13.8 Å². The zero-order chi connectivity index (χ0) is 10.3. The van der Waals surface area contributed by atoms with Crippen LogP contribution in [0.25, 0.3) is 0 Å². The van der Waals surface area contributed by atoms with Crippen molar-refractivity contribution in [3.05, 3.63) is 0 Å². The molecule has 0 aliphatic carbocycles. The summed E-state index contributed by atoms with van der Waals surface area (Å²) in [6.45, 7) is 5.41. The lowest BCUT2D eigenvalue weighted by molar-refractivity contribution is -0.218. The van der Waals surface area contributed by atoms with E-state index in [1.807, 2.05) is 13.8 Å². The quantitative estimate of drug-likeness (QED) is 0.577. The van der Waals surface area contributed by atoms with Crippen LogP contribution < -0.4 is 0 Å². The Morgan fingerprint density at radius 1 is 1.43 bits per heavy atom. The molecule has 0 spiro atoms. The second-order valence-corrected chi connectivity index (χ2v) is 3.95. The number of carbonyl (C=O) groups excluding carboxylic acids is 1. The van der Waals surface area contributed by atoms with E-state index < -0.39 is 12.1 Å². The lowest BCUT2D eigenvalue weighted by Crippen LogP contribution is -2.32. The van der Waals surface area contributed by atoms with Gasteiger partial charge in [-0.15, -0.1) is 0 Å². The van der Waals surface area contributed by atoms with Crippen LogP contribution in [0.4, 0.5) is 0 Å². The predicted molar refractivity (Wildman–Crippen MR) is 45.3 cm³/mol. The van der Waals surface area contributed by atoms with E-state index in [0.29, 0.717) is 6.61 Å². The van der Waals surface area contributed by atoms with E-state index in [-0.39, 0.29) is 18.2 Å². The molecule has 0 aromatic carbocycles. The lowest BCUT2D eigenvalue weighted by Gasteiger charge is -2.21. The van der Waals surface area contributed by atoms with Gasteiger partial charge in [0, 0.05) is 6.92 Å². The first-order valence-corrected chi connectivity index (χ1v) is 4.62. The Balaban J connectivity index is 2.01. The molecule has 0 aromatic heterocycles. The SMILES string of the molecule is CC(=O)O[C@@H]1OC[C@@H]2OC(C)(C)OC12. The molecule has 0 N–H and O–H groups in total. The van der Waals surface area contributed by atoms with Crippen LogP contribution in [0.2, 0.25) is 0 Å². The number of fused-ring (bicyclic) bond motifs is 1. The summed E-state index contributed by atoms with van der Waals surface area (Å²) in [5.74, 6) is -0.985. The van der Waals surface area contributed by atoms with E-state index in [2.05, 4.69) is 0 Å². The third kappa shape index (κ3) is 1.75. The Hall–Kier alpha value is -0.650. The summed E-state index contributed by atoms with van der Waals surface area (Å²) in [6, 6.07) is 0. The highest BCUT2D eigenvalue weighted by Gasteiger charge is 2.51. The van der Waals surface area contributed by atoms with Gasteiger partial charge in [-0.25, -0.2) is 0 Å². The first-order valence-electron chi connectivity index (χ1n) is 4.62. The Kier molecular flexibility index (Phi) is 2.25. The molecule has 2 aliphatic rings. The third-order valence-electron chi connectivity index (χ3n) is 2.20. The maximum Gasteiger partial charge on any atom is 0.305 e. The lowest BCUT2D eigenvalue weighted by atomic mass is 10.2. The molecule has 5 nitrogen and oxygen atoms in total. The maximum absolute atomic E-state index is 10.8. The summed E-state index contributed by atoms with van der Waals surface area (Å²) in [6.07, 6.45) is -1.05. The van der Waals surface area contributed by atoms with Crippen molar-refractivity contribution in [1.82, 2.24) is 0 Å². The van der Waals surface area contributed by atoms with Crippen molar-refractivity contribution in [2.45, 2.75) is 45.1 Å². The van der Waals surface area contributed by atoms with E-state index in [9.17, 15) is 4.79 Å². The Morgan fingerprint density at radius 2 is 2.14 bits per heavy atom. The van der Waals surface area contributed by atoms with Crippen LogP contribution >= 0.6 is 0 Å². The highest BCUT2D eigenvalue weighted by Crippen LogP contribution is 2.35. The Bertz CT molecular complexity index is 250. The molecule has 0 amide bonds. The fourth-order valence-corrected chi connectivity index (χ4v) is 1.77. The van der Waals surface area contributed by atoms with E-state index >= 15 is 0 Å². The molecule has 0 saturated carbocycles. The number of hydrogen-bond donors (Lipinski definition) is 0. The van der Waals surface area contributed by atoms with E-state index in [4.69, 9.17) is 18.9 Å². The summed E-state index contributed by atoms with van der Waals surface area (Å²) in [5, 5.41) is 0. The maximum atomic E-state index is 10.8. The van der Waals surface area contributed by atoms with Gasteiger partial charge in [0.05, 0.1) is 6.61 Å². The van der Waals surface area contributed by atoms with Crippen LogP contribution in [0, 0.1) is 0 Å². The first kappa shape index (κ1) is 9.89. The number of ether oxygens (including phenoxy) is 4. The second-order valence-electron chi connectivity index (χ2n) is 3.95. The molecule has 2 saturated heterocycles. The van der Waals surface area contributed by atoms with Crippen LogP contribution in [0.1, 0.15) is 20.8 Å². The average Bonchev–Trinajstić information content (AvgIpc) is 2.47. The van der Waals surface area contributed by atoms with Crippen LogP contribution in [0.15, 0.2) is 0 Å². The van der Waals surface area contributed by atoms with Crippen LogP contribution in [0.3, 0.4) is 0 Å². The minimum absolute atomic E-state index is 0.130. The van der Waals surface area contributed by atoms with Gasteiger partial charge in [-0.1, -0.05) is 0 Å². The molecule has 2 heterocycles. The van der Waals surface area contributed by atoms with Gasteiger partial charge >= 0.3 is 5.97 Å². The average molecular weight is 202 g/mol. The van der Waals surface area contributed by atoms with Gasteiger partial charge in [-0.3, -0.25) is 4.79 Å². The molecular formula is C9H14O5. The molecule has 0 bridgehead atoms. The molecule has 0 radical (unpaired) electrons. The minimum Gasteiger partial charge on any atom is -0.433 e. The van der Waals surface area contributed by atoms with Crippen LogP contribution in [0.5, 0.6) is 0 Å². The number of hydrogen-bond acceptors (Lipinski definition) is 5. The van der Waals surface area contributed by atoms with Crippen molar-refractivity contribution in [2.75, 3.05) is 6.61 Å². The number of carbonyl (C=O) groups is 1. The zero-order valence-electron chi connectivity index (χ0n) is 8.48. The molecule has 2 rings (SSSR count). The second kappa shape index (κ2) is 3.18. The van der Waals surface area contributed by atoms with Crippen molar-refractivity contribution in [2.24, 2.45) is 0 Å². The molecule has 2 aliphatic heterocycles. The Labute approximate surface area is 82.3 Å². The van der Waals surface area contributed by atoms with Gasteiger partial charge in [0.1, 0.15) is 6.10 Å². The molecule has 14 heavy (non-hydrogen) atoms. The summed E-state index contributed by atoms with van der Waals surface area (Å²) in [7, 11) is 0. The van der Waals surface area contributed by atoms with Gasteiger partial charge < -0.3 is 18.9 Å². The van der Waals surface area contributed by atoms with Gasteiger partial charge in [-0.2, -0.15) is 0 Å². The largest absolute Gasteiger partial charge is 0.433 e. The third-order valence-corrected chi connectivity index (χ3v) is 2.20. The minimum atomic E-state index is -0.626. The van der Waals surface area contributed by atoms with E-state index in [1.54, 1.807) is 0 Å². The smallest absolute Gasteiger partial charge is 0.305 e. The van der Waals surface area contributed by atoms with Crippen molar-refractivity contribution in [3.63, 3.8) is 0 Å². The molecule has 1 unspecified atom stereocenters. The standard InChI is InChI=1S/C9H14O5/c1-5(10)12-8-7-6(4-11-8)13-9(2,3)14-7/h6-8H,4H2,1-3H3/t6-,7?,8-/m0/s1. The molecule has 3 atom stereocenters. The molecule has 80 valence electrons. The topological polar surface area (TPSA) is 54.0 Å². The number of esters is 1. The van der Waals surface area contributed by atoms with E-state index in [0.717, 1.165) is 0 Å². The highest BCUT2D eigenvalue weighted by atomic mass is 16.8. The molecular weight excluding hydrogens is 188 g/mol. The first-order chi connectivity index (χ1) is 6.48. The van der Waals surface area contributed by atoms with Gasteiger partial charge in [0.15, 0.2) is 11.9 Å². The summed E-state index contributed by atoms with van der Waals surface area (Å²) in [5.41, 5.74) is 0.